The zero-order valence-corrected chi connectivity index (χ0v) is 65.1. The Hall–Kier alpha value is -11.8. The summed E-state index contributed by atoms with van der Waals surface area (Å²) in [6, 6.07) is 67.5. The molecule has 12 nitrogen and oxygen atoms in total. The van der Waals surface area contributed by atoms with Gasteiger partial charge in [0.25, 0.3) is 0 Å². The largest absolute Gasteiger partial charge is 0.308 e. The van der Waals surface area contributed by atoms with E-state index in [2.05, 4.69) is 313 Å². The lowest BCUT2D eigenvalue weighted by atomic mass is 9.86. The van der Waals surface area contributed by atoms with Crippen molar-refractivity contribution in [1.82, 2.24) is 39.9 Å². The molecule has 12 heteroatoms. The van der Waals surface area contributed by atoms with Crippen molar-refractivity contribution in [2.75, 3.05) is 19.6 Å². The molecule has 0 aliphatic rings. The third-order valence-corrected chi connectivity index (χ3v) is 21.9. The van der Waals surface area contributed by atoms with Crippen LogP contribution in [0.4, 0.5) is 68.2 Å². The van der Waals surface area contributed by atoms with Crippen molar-refractivity contribution in [3.8, 4) is 0 Å². The molecule has 0 unspecified atom stereocenters. The molecular weight excluding hydrogens is 1320 g/mol. The molecule has 0 aliphatic carbocycles. The fraction of sp³-hybridized carbons (Fsp3) is 0.250. The first-order chi connectivity index (χ1) is 51.9. The fourth-order valence-corrected chi connectivity index (χ4v) is 16.2. The summed E-state index contributed by atoms with van der Waals surface area (Å²) in [6.07, 6.45) is 18.6. The molecule has 538 valence electrons. The number of nitrogens with zero attached hydrogens (tertiary/aromatic N) is 12. The number of aromatic nitrogens is 8. The second-order valence-corrected chi connectivity index (χ2v) is 32.8. The van der Waals surface area contributed by atoms with Crippen molar-refractivity contribution < 1.29 is 0 Å². The number of rotatable bonds is 16. The third-order valence-electron chi connectivity index (χ3n) is 21.9. The van der Waals surface area contributed by atoms with Crippen molar-refractivity contribution in [1.29, 1.82) is 0 Å². The van der Waals surface area contributed by atoms with Crippen molar-refractivity contribution >= 4 is 145 Å². The SMILES string of the molecule is CCc1c(N(c2ccc(C(C)(C)C)cc2)c2cc(N(c3ccc(C(C)(C)C)cc3)c3cnc4cccnc4c3CC)c3ccc4c(N(c5ccc(C(C)(C)C)cc5)c5cnc6cccnc6c5CC)cc(N(c5ccc(C(C)(C)C)cc5)c5cnc6cccnc6c5CC)c5ccc2c3c54)cnc2cccnc12. The number of benzene rings is 8. The molecule has 8 aromatic heterocycles. The first-order valence-corrected chi connectivity index (χ1v) is 38.3. The van der Waals surface area contributed by atoms with E-state index < -0.39 is 0 Å². The van der Waals surface area contributed by atoms with Crippen LogP contribution >= 0.6 is 0 Å². The Balaban J connectivity index is 1.14. The Labute approximate surface area is 634 Å². The minimum atomic E-state index is -0.121. The van der Waals surface area contributed by atoms with Crippen LogP contribution in [-0.2, 0) is 47.3 Å². The summed E-state index contributed by atoms with van der Waals surface area (Å²) < 4.78 is 0. The van der Waals surface area contributed by atoms with Gasteiger partial charge in [-0.1, -0.05) is 184 Å². The molecule has 108 heavy (non-hydrogen) atoms. The van der Waals surface area contributed by atoms with E-state index in [4.69, 9.17) is 39.9 Å². The molecule has 0 saturated carbocycles. The van der Waals surface area contributed by atoms with E-state index in [0.717, 1.165) is 167 Å². The molecule has 0 aliphatic heterocycles. The van der Waals surface area contributed by atoms with Crippen LogP contribution in [0.2, 0.25) is 0 Å². The van der Waals surface area contributed by atoms with E-state index in [0.29, 0.717) is 25.7 Å². The van der Waals surface area contributed by atoms with Gasteiger partial charge in [0.15, 0.2) is 0 Å². The quantitative estimate of drug-likeness (QED) is 0.0858. The molecule has 16 rings (SSSR count). The number of aryl methyl sites for hydroxylation is 4. The van der Waals surface area contributed by atoms with Gasteiger partial charge in [-0.25, -0.2) is 0 Å². The van der Waals surface area contributed by atoms with E-state index in [1.807, 2.05) is 49.1 Å². The van der Waals surface area contributed by atoms with Gasteiger partial charge in [0, 0.05) is 102 Å². The van der Waals surface area contributed by atoms with Crippen LogP contribution in [-0.4, -0.2) is 39.9 Å². The highest BCUT2D eigenvalue weighted by Gasteiger charge is 2.34. The van der Waals surface area contributed by atoms with Gasteiger partial charge in [-0.2, -0.15) is 0 Å². The summed E-state index contributed by atoms with van der Waals surface area (Å²) in [6.45, 7) is 36.4. The average Bonchev–Trinajstić information content (AvgIpc) is 0.695. The van der Waals surface area contributed by atoms with Crippen LogP contribution in [0.25, 0.3) is 76.5 Å². The second-order valence-electron chi connectivity index (χ2n) is 32.8. The smallest absolute Gasteiger partial charge is 0.0939 e. The van der Waals surface area contributed by atoms with Gasteiger partial charge in [0.2, 0.25) is 0 Å². The molecule has 0 amide bonds. The molecule has 0 bridgehead atoms. The number of hydrogen-bond donors (Lipinski definition) is 0. The summed E-state index contributed by atoms with van der Waals surface area (Å²) in [4.78, 5) is 51.9. The highest BCUT2D eigenvalue weighted by molar-refractivity contribution is 6.33. The molecule has 0 spiro atoms. The Kier molecular flexibility index (Phi) is 17.8. The summed E-state index contributed by atoms with van der Waals surface area (Å²) in [7, 11) is 0. The molecule has 8 aromatic carbocycles. The molecule has 0 fully saturated rings. The van der Waals surface area contributed by atoms with Gasteiger partial charge >= 0.3 is 0 Å². The van der Waals surface area contributed by atoms with Crippen LogP contribution in [0.3, 0.4) is 0 Å². The fourth-order valence-electron chi connectivity index (χ4n) is 16.2. The lowest BCUT2D eigenvalue weighted by Gasteiger charge is -2.36. The molecule has 8 heterocycles. The lowest BCUT2D eigenvalue weighted by Crippen LogP contribution is -2.19. The highest BCUT2D eigenvalue weighted by atomic mass is 15.2. The molecule has 16 aromatic rings. The predicted molar refractivity (Wildman–Crippen MR) is 454 cm³/mol. The maximum atomic E-state index is 5.33. The minimum absolute atomic E-state index is 0.121. The van der Waals surface area contributed by atoms with Gasteiger partial charge in [0.05, 0.1) is 114 Å². The lowest BCUT2D eigenvalue weighted by molar-refractivity contribution is 0.590. The van der Waals surface area contributed by atoms with Gasteiger partial charge in [-0.3, -0.25) is 39.9 Å². The maximum absolute atomic E-state index is 5.33. The zero-order valence-electron chi connectivity index (χ0n) is 65.1. The normalized spacial score (nSPS) is 12.4. The van der Waals surface area contributed by atoms with Gasteiger partial charge in [-0.05, 0) is 179 Å². The summed E-state index contributed by atoms with van der Waals surface area (Å²) >= 11 is 0. The second kappa shape index (κ2) is 27.2. The third kappa shape index (κ3) is 12.3. The van der Waals surface area contributed by atoms with E-state index in [1.165, 1.54) is 22.3 Å². The summed E-state index contributed by atoms with van der Waals surface area (Å²) in [5, 5.41) is 6.28. The molecule has 0 N–H and O–H groups in total. The van der Waals surface area contributed by atoms with Crippen molar-refractivity contribution in [2.45, 2.75) is 158 Å². The van der Waals surface area contributed by atoms with E-state index in [-0.39, 0.29) is 21.7 Å². The average molecular weight is 1420 g/mol. The number of fused-ring (bicyclic) bond motifs is 4. The molecular formula is C96H94N12. The molecule has 0 atom stereocenters. The Morgan fingerprint density at radius 2 is 0.444 bits per heavy atom. The predicted octanol–water partition coefficient (Wildman–Crippen LogP) is 25.7. The Morgan fingerprint density at radius 1 is 0.241 bits per heavy atom. The topological polar surface area (TPSA) is 116 Å². The summed E-state index contributed by atoms with van der Waals surface area (Å²) in [5.74, 6) is 0. The van der Waals surface area contributed by atoms with E-state index in [9.17, 15) is 0 Å². The van der Waals surface area contributed by atoms with Crippen molar-refractivity contribution in [3.05, 3.63) is 276 Å². The standard InChI is InChI=1S/C96H94N12/c1-17-67-83(55-101-75-25-21-49-97-89(67)75)105(63-37-29-59(30-38-63)93(5,6)7)79-53-80(106(64-39-31-60(32-40-64)94(8,9)10)84-56-102-76-26-22-50-98-90(76)68(84)18-2)72-47-48-74-82(108(66-43-35-62(36-44-66)96(14,15)16)86-58-104-78-28-24-52-100-92(78)70(86)20-4)54-81(73-46-45-71(79)87(72)88(73)74)107(65-41-33-61(34-42-65)95(11,12)13)85-57-103-77-27-23-51-99-91(77)69(85)19-3/h21-58H,17-20H2,1-16H3. The number of hydrogen-bond acceptors (Lipinski definition) is 12. The van der Waals surface area contributed by atoms with Gasteiger partial charge < -0.3 is 19.6 Å². The first-order valence-electron chi connectivity index (χ1n) is 38.3. The number of pyridine rings is 8. The molecule has 0 saturated heterocycles. The van der Waals surface area contributed by atoms with Crippen LogP contribution in [0, 0.1) is 0 Å². The monoisotopic (exact) mass is 1410 g/mol. The zero-order chi connectivity index (χ0) is 75.3. The van der Waals surface area contributed by atoms with E-state index in [1.54, 1.807) is 0 Å². The van der Waals surface area contributed by atoms with Crippen LogP contribution < -0.4 is 19.6 Å². The Morgan fingerprint density at radius 3 is 0.630 bits per heavy atom. The van der Waals surface area contributed by atoms with Crippen molar-refractivity contribution in [2.24, 2.45) is 0 Å². The van der Waals surface area contributed by atoms with Crippen LogP contribution in [0.15, 0.2) is 232 Å². The molecule has 0 radical (unpaired) electrons. The summed E-state index contributed by atoms with van der Waals surface area (Å²) in [5.41, 5.74) is 27.1. The van der Waals surface area contributed by atoms with E-state index >= 15 is 0 Å². The minimum Gasteiger partial charge on any atom is -0.308 e. The van der Waals surface area contributed by atoms with Gasteiger partial charge in [0.1, 0.15) is 0 Å². The van der Waals surface area contributed by atoms with Crippen LogP contribution in [0.1, 0.15) is 155 Å². The highest BCUT2D eigenvalue weighted by Crippen LogP contribution is 2.57. The van der Waals surface area contributed by atoms with Crippen molar-refractivity contribution in [3.63, 3.8) is 0 Å². The van der Waals surface area contributed by atoms with Gasteiger partial charge in [-0.15, -0.1) is 0 Å². The first kappa shape index (κ1) is 70.5. The maximum Gasteiger partial charge on any atom is 0.0939 e. The van der Waals surface area contributed by atoms with Crippen LogP contribution in [0.5, 0.6) is 0 Å². The number of anilines is 12. The Bertz CT molecular complexity index is 5360.